The fraction of sp³-hybridized carbons (Fsp3) is 0.500. The molecule has 2 nitrogen and oxygen atoms in total. The zero-order valence-corrected chi connectivity index (χ0v) is 11.4. The Balaban J connectivity index is 1.97. The molecule has 1 aromatic carbocycles. The zero-order chi connectivity index (χ0) is 12.4. The van der Waals surface area contributed by atoms with Crippen LogP contribution in [0.4, 0.5) is 0 Å². The fourth-order valence-corrected chi connectivity index (χ4v) is 3.02. The third kappa shape index (κ3) is 2.83. The molecule has 92 valence electrons. The molecule has 1 amide bonds. The Labute approximate surface area is 107 Å². The molecule has 1 N–H and O–H groups in total. The number of thioether (sulfide) groups is 1. The molecule has 3 heteroatoms. The summed E-state index contributed by atoms with van der Waals surface area (Å²) in [6.07, 6.45) is 0.859. The normalized spacial score (nSPS) is 20.1. The minimum Gasteiger partial charge on any atom is -0.352 e. The largest absolute Gasteiger partial charge is 0.352 e. The minimum absolute atomic E-state index is 0.0496. The monoisotopic (exact) mass is 249 g/mol. The van der Waals surface area contributed by atoms with Crippen LogP contribution in [0, 0.1) is 5.92 Å². The number of hydrogen-bond donors (Lipinski definition) is 1. The summed E-state index contributed by atoms with van der Waals surface area (Å²) in [6, 6.07) is 8.52. The van der Waals surface area contributed by atoms with Crippen LogP contribution in [0.3, 0.4) is 0 Å². The predicted octanol–water partition coefficient (Wildman–Crippen LogP) is 2.86. The predicted molar refractivity (Wildman–Crippen MR) is 72.2 cm³/mol. The second-order valence-corrected chi connectivity index (χ2v) is 6.20. The van der Waals surface area contributed by atoms with Gasteiger partial charge in [0.25, 0.3) is 0 Å². The number of carbonyl (C=O) groups excluding carboxylic acids is 1. The van der Waals surface area contributed by atoms with E-state index in [1.165, 1.54) is 10.5 Å². The van der Waals surface area contributed by atoms with E-state index in [1.54, 1.807) is 11.8 Å². The number of fused-ring (bicyclic) bond motifs is 1. The molecule has 0 spiro atoms. The SMILES string of the molecule is CC(C)[C@H](C)NC(=O)[C@@H]1Cc2ccccc2S1. The van der Waals surface area contributed by atoms with Crippen molar-refractivity contribution in [2.75, 3.05) is 0 Å². The topological polar surface area (TPSA) is 29.1 Å². The van der Waals surface area contributed by atoms with Gasteiger partial charge in [-0.15, -0.1) is 11.8 Å². The Morgan fingerprint density at radius 1 is 1.35 bits per heavy atom. The van der Waals surface area contributed by atoms with E-state index < -0.39 is 0 Å². The smallest absolute Gasteiger partial charge is 0.234 e. The number of carbonyl (C=O) groups is 1. The minimum atomic E-state index is 0.0496. The summed E-state index contributed by atoms with van der Waals surface area (Å²) in [5, 5.41) is 3.15. The lowest BCUT2D eigenvalue weighted by molar-refractivity contribution is -0.121. The lowest BCUT2D eigenvalue weighted by atomic mass is 10.1. The summed E-state index contributed by atoms with van der Waals surface area (Å²) in [5.74, 6) is 0.653. The molecule has 1 aliphatic rings. The number of amides is 1. The van der Waals surface area contributed by atoms with Crippen LogP contribution in [0.15, 0.2) is 29.2 Å². The third-order valence-electron chi connectivity index (χ3n) is 3.31. The number of rotatable bonds is 3. The number of nitrogens with one attached hydrogen (secondary N) is 1. The highest BCUT2D eigenvalue weighted by Gasteiger charge is 2.28. The molecule has 1 aliphatic heterocycles. The average molecular weight is 249 g/mol. The zero-order valence-electron chi connectivity index (χ0n) is 10.6. The van der Waals surface area contributed by atoms with E-state index in [9.17, 15) is 4.79 Å². The molecule has 1 heterocycles. The Kier molecular flexibility index (Phi) is 3.77. The van der Waals surface area contributed by atoms with Crippen LogP contribution in [0.5, 0.6) is 0 Å². The van der Waals surface area contributed by atoms with Gasteiger partial charge in [-0.05, 0) is 30.9 Å². The highest BCUT2D eigenvalue weighted by molar-refractivity contribution is 8.01. The number of hydrogen-bond acceptors (Lipinski definition) is 2. The molecule has 2 atom stereocenters. The van der Waals surface area contributed by atoms with Crippen LogP contribution in [-0.4, -0.2) is 17.2 Å². The first-order valence-electron chi connectivity index (χ1n) is 6.13. The van der Waals surface area contributed by atoms with Crippen LogP contribution >= 0.6 is 11.8 Å². The summed E-state index contributed by atoms with van der Waals surface area (Å²) in [5.41, 5.74) is 1.30. The van der Waals surface area contributed by atoms with Gasteiger partial charge in [0.05, 0.1) is 5.25 Å². The highest BCUT2D eigenvalue weighted by atomic mass is 32.2. The molecule has 0 saturated carbocycles. The molecule has 0 aromatic heterocycles. The Morgan fingerprint density at radius 3 is 2.71 bits per heavy atom. The van der Waals surface area contributed by atoms with E-state index >= 15 is 0 Å². The summed E-state index contributed by atoms with van der Waals surface area (Å²) >= 11 is 1.69. The van der Waals surface area contributed by atoms with E-state index in [2.05, 4.69) is 38.2 Å². The molecule has 0 radical (unpaired) electrons. The van der Waals surface area contributed by atoms with E-state index in [4.69, 9.17) is 0 Å². The van der Waals surface area contributed by atoms with Crippen molar-refractivity contribution in [2.24, 2.45) is 5.92 Å². The standard InChI is InChI=1S/C14H19NOS/c1-9(2)10(3)15-14(16)13-8-11-6-4-5-7-12(11)17-13/h4-7,9-10,13H,8H2,1-3H3,(H,15,16)/t10-,13-/m0/s1. The first-order valence-corrected chi connectivity index (χ1v) is 7.01. The third-order valence-corrected chi connectivity index (χ3v) is 4.63. The molecule has 0 saturated heterocycles. The summed E-state index contributed by atoms with van der Waals surface area (Å²) in [7, 11) is 0. The first kappa shape index (κ1) is 12.5. The van der Waals surface area contributed by atoms with E-state index in [1.807, 2.05) is 12.1 Å². The Hall–Kier alpha value is -0.960. The first-order chi connectivity index (χ1) is 8.08. The van der Waals surface area contributed by atoms with Gasteiger partial charge in [0.15, 0.2) is 0 Å². The molecule has 0 unspecified atom stereocenters. The average Bonchev–Trinajstić information content (AvgIpc) is 2.72. The molecule has 0 aliphatic carbocycles. The van der Waals surface area contributed by atoms with E-state index in [0.29, 0.717) is 5.92 Å². The highest BCUT2D eigenvalue weighted by Crippen LogP contribution is 2.36. The van der Waals surface area contributed by atoms with Gasteiger partial charge in [0.2, 0.25) is 5.91 Å². The quantitative estimate of drug-likeness (QED) is 0.892. The van der Waals surface area contributed by atoms with Gasteiger partial charge in [0.1, 0.15) is 0 Å². The van der Waals surface area contributed by atoms with Crippen molar-refractivity contribution in [3.8, 4) is 0 Å². The van der Waals surface area contributed by atoms with Gasteiger partial charge in [-0.3, -0.25) is 4.79 Å². The van der Waals surface area contributed by atoms with Crippen LogP contribution < -0.4 is 5.32 Å². The summed E-state index contributed by atoms with van der Waals surface area (Å²) < 4.78 is 0. The molecule has 1 aromatic rings. The molecule has 0 bridgehead atoms. The second-order valence-electron chi connectivity index (χ2n) is 4.96. The van der Waals surface area contributed by atoms with Gasteiger partial charge < -0.3 is 5.32 Å². The van der Waals surface area contributed by atoms with E-state index in [-0.39, 0.29) is 17.2 Å². The van der Waals surface area contributed by atoms with Gasteiger partial charge in [-0.25, -0.2) is 0 Å². The van der Waals surface area contributed by atoms with Gasteiger partial charge in [0, 0.05) is 10.9 Å². The van der Waals surface area contributed by atoms with Gasteiger partial charge >= 0.3 is 0 Å². The fourth-order valence-electron chi connectivity index (χ4n) is 1.81. The lowest BCUT2D eigenvalue weighted by Gasteiger charge is -2.19. The Morgan fingerprint density at radius 2 is 2.06 bits per heavy atom. The maximum absolute atomic E-state index is 12.1. The van der Waals surface area contributed by atoms with Crippen molar-refractivity contribution in [2.45, 2.75) is 43.4 Å². The van der Waals surface area contributed by atoms with Crippen molar-refractivity contribution in [1.82, 2.24) is 5.32 Å². The molecule has 2 rings (SSSR count). The molecule has 17 heavy (non-hydrogen) atoms. The second kappa shape index (κ2) is 5.13. The van der Waals surface area contributed by atoms with Gasteiger partial charge in [-0.2, -0.15) is 0 Å². The van der Waals surface area contributed by atoms with Crippen molar-refractivity contribution in [3.05, 3.63) is 29.8 Å². The Bertz CT molecular complexity index is 391. The van der Waals surface area contributed by atoms with Crippen LogP contribution in [0.25, 0.3) is 0 Å². The van der Waals surface area contributed by atoms with E-state index in [0.717, 1.165) is 6.42 Å². The van der Waals surface area contributed by atoms with Crippen LogP contribution in [-0.2, 0) is 11.2 Å². The maximum Gasteiger partial charge on any atom is 0.234 e. The van der Waals surface area contributed by atoms with Crippen LogP contribution in [0.1, 0.15) is 26.3 Å². The van der Waals surface area contributed by atoms with Gasteiger partial charge in [-0.1, -0.05) is 32.0 Å². The maximum atomic E-state index is 12.1. The lowest BCUT2D eigenvalue weighted by Crippen LogP contribution is -2.41. The van der Waals surface area contributed by atoms with Crippen molar-refractivity contribution < 1.29 is 4.79 Å². The summed E-state index contributed by atoms with van der Waals surface area (Å²) in [4.78, 5) is 13.4. The van der Waals surface area contributed by atoms with Crippen molar-refractivity contribution in [3.63, 3.8) is 0 Å². The molecular weight excluding hydrogens is 230 g/mol. The number of benzene rings is 1. The van der Waals surface area contributed by atoms with Crippen molar-refractivity contribution >= 4 is 17.7 Å². The van der Waals surface area contributed by atoms with Crippen molar-refractivity contribution in [1.29, 1.82) is 0 Å². The molecule has 0 fully saturated rings. The summed E-state index contributed by atoms with van der Waals surface area (Å²) in [6.45, 7) is 6.32. The van der Waals surface area contributed by atoms with Crippen LogP contribution in [0.2, 0.25) is 0 Å². The molecular formula is C14H19NOS.